The maximum Gasteiger partial charge on any atom is 0.148 e. The summed E-state index contributed by atoms with van der Waals surface area (Å²) in [5, 5.41) is 13.1. The zero-order chi connectivity index (χ0) is 14.4. The summed E-state index contributed by atoms with van der Waals surface area (Å²) in [6, 6.07) is 4.29. The van der Waals surface area contributed by atoms with Crippen LogP contribution in [0.5, 0.6) is 0 Å². The Hall–Kier alpha value is -1.31. The van der Waals surface area contributed by atoms with E-state index < -0.39 is 0 Å². The van der Waals surface area contributed by atoms with E-state index in [1.54, 1.807) is 12.3 Å². The molecule has 0 aliphatic carbocycles. The van der Waals surface area contributed by atoms with Gasteiger partial charge in [0.15, 0.2) is 0 Å². The number of rotatable bonds is 6. The summed E-state index contributed by atoms with van der Waals surface area (Å²) in [5.41, 5.74) is 0.498. The maximum atomic E-state index is 9.09. The quantitative estimate of drug-likeness (QED) is 0.876. The summed E-state index contributed by atoms with van der Waals surface area (Å²) in [6.07, 6.45) is 6.32. The number of nitrogens with zero attached hydrogens (tertiary/aromatic N) is 3. The molecule has 0 spiro atoms. The molecular weight excluding hydrogens is 272 g/mol. The molecule has 0 amide bonds. The zero-order valence-corrected chi connectivity index (χ0v) is 12.7. The third kappa shape index (κ3) is 3.62. The highest BCUT2D eigenvalue weighted by Gasteiger charge is 2.21. The van der Waals surface area contributed by atoms with Crippen molar-refractivity contribution in [2.45, 2.75) is 38.6 Å². The number of hydrogen-bond acceptors (Lipinski definition) is 4. The molecule has 2 rings (SSSR count). The van der Waals surface area contributed by atoms with E-state index in [0.717, 1.165) is 38.3 Å². The largest absolute Gasteiger partial charge is 0.354 e. The molecule has 0 aromatic carbocycles. The summed E-state index contributed by atoms with van der Waals surface area (Å²) >= 11 is 6.32. The normalized spacial score (nSPS) is 17.9. The van der Waals surface area contributed by atoms with Gasteiger partial charge < -0.3 is 10.2 Å². The lowest BCUT2D eigenvalue weighted by atomic mass is 10.2. The third-order valence-corrected chi connectivity index (χ3v) is 4.05. The molecule has 1 aliphatic heterocycles. The monoisotopic (exact) mass is 292 g/mol. The topological polar surface area (TPSA) is 52.0 Å². The second-order valence-electron chi connectivity index (χ2n) is 5.20. The molecule has 108 valence electrons. The van der Waals surface area contributed by atoms with Crippen molar-refractivity contribution in [3.63, 3.8) is 0 Å². The Kier molecular flexibility index (Phi) is 5.63. The lowest BCUT2D eigenvalue weighted by Gasteiger charge is -2.27. The van der Waals surface area contributed by atoms with Gasteiger partial charge in [-0.2, -0.15) is 5.26 Å². The summed E-state index contributed by atoms with van der Waals surface area (Å²) in [7, 11) is 0. The molecule has 1 aromatic rings. The fourth-order valence-electron chi connectivity index (χ4n) is 2.55. The van der Waals surface area contributed by atoms with Crippen LogP contribution in [0.15, 0.2) is 12.3 Å². The van der Waals surface area contributed by atoms with Crippen molar-refractivity contribution in [1.82, 2.24) is 10.3 Å². The van der Waals surface area contributed by atoms with Gasteiger partial charge in [-0.05, 0) is 31.9 Å². The van der Waals surface area contributed by atoms with E-state index in [-0.39, 0.29) is 0 Å². The molecule has 1 atom stereocenters. The molecule has 4 nitrogen and oxygen atoms in total. The van der Waals surface area contributed by atoms with Crippen LogP contribution in [-0.2, 0) is 0 Å². The van der Waals surface area contributed by atoms with E-state index in [2.05, 4.69) is 28.2 Å². The molecule has 0 radical (unpaired) electrons. The first kappa shape index (κ1) is 15.1. The number of halogens is 1. The van der Waals surface area contributed by atoms with Crippen LogP contribution in [0, 0.1) is 11.3 Å². The molecule has 1 saturated heterocycles. The predicted molar refractivity (Wildman–Crippen MR) is 82.1 cm³/mol. The van der Waals surface area contributed by atoms with Gasteiger partial charge in [-0.25, -0.2) is 4.98 Å². The van der Waals surface area contributed by atoms with Gasteiger partial charge in [0.1, 0.15) is 16.9 Å². The molecule has 0 bridgehead atoms. The van der Waals surface area contributed by atoms with Crippen LogP contribution in [0.1, 0.15) is 38.2 Å². The van der Waals surface area contributed by atoms with Crippen LogP contribution in [0.4, 0.5) is 5.82 Å². The van der Waals surface area contributed by atoms with E-state index in [4.69, 9.17) is 16.9 Å². The Labute approximate surface area is 125 Å². The summed E-state index contributed by atoms with van der Waals surface area (Å²) in [4.78, 5) is 6.62. The second kappa shape index (κ2) is 7.47. The van der Waals surface area contributed by atoms with Crippen molar-refractivity contribution in [2.75, 3.05) is 24.5 Å². The number of unbranched alkanes of at least 4 members (excludes halogenated alkanes) is 1. The summed E-state index contributed by atoms with van der Waals surface area (Å²) in [6.45, 7) is 5.09. The first-order chi connectivity index (χ1) is 9.76. The lowest BCUT2D eigenvalue weighted by molar-refractivity contribution is 0.569. The highest BCUT2D eigenvalue weighted by Crippen LogP contribution is 2.27. The molecule has 1 unspecified atom stereocenters. The molecule has 1 fully saturated rings. The number of nitriles is 1. The standard InChI is InChI=1S/C15H21ClN4/c1-2-3-9-20(11-13-5-4-7-18-13)15-14(16)12(10-17)6-8-19-15/h6,8,13,18H,2-5,7,9,11H2,1H3. The molecule has 1 N–H and O–H groups in total. The fraction of sp³-hybridized carbons (Fsp3) is 0.600. The number of hydrogen-bond donors (Lipinski definition) is 1. The van der Waals surface area contributed by atoms with E-state index in [1.165, 1.54) is 12.8 Å². The van der Waals surface area contributed by atoms with Crippen molar-refractivity contribution >= 4 is 17.4 Å². The van der Waals surface area contributed by atoms with Crippen LogP contribution in [-0.4, -0.2) is 30.7 Å². The van der Waals surface area contributed by atoms with E-state index in [9.17, 15) is 0 Å². The molecule has 20 heavy (non-hydrogen) atoms. The average Bonchev–Trinajstić information content (AvgIpc) is 2.97. The molecule has 2 heterocycles. The first-order valence-electron chi connectivity index (χ1n) is 7.29. The highest BCUT2D eigenvalue weighted by molar-refractivity contribution is 6.34. The van der Waals surface area contributed by atoms with Gasteiger partial charge in [0.2, 0.25) is 0 Å². The van der Waals surface area contributed by atoms with Gasteiger partial charge in [-0.1, -0.05) is 24.9 Å². The van der Waals surface area contributed by atoms with Crippen molar-refractivity contribution in [3.8, 4) is 6.07 Å². The second-order valence-corrected chi connectivity index (χ2v) is 5.58. The van der Waals surface area contributed by atoms with Gasteiger partial charge in [-0.3, -0.25) is 0 Å². The van der Waals surface area contributed by atoms with Crippen molar-refractivity contribution in [3.05, 3.63) is 22.8 Å². The Morgan fingerprint density at radius 3 is 3.10 bits per heavy atom. The van der Waals surface area contributed by atoms with E-state index in [0.29, 0.717) is 16.6 Å². The number of aromatic nitrogens is 1. The lowest BCUT2D eigenvalue weighted by Crippen LogP contribution is -2.38. The molecule has 1 aromatic heterocycles. The van der Waals surface area contributed by atoms with Crippen molar-refractivity contribution in [1.29, 1.82) is 5.26 Å². The van der Waals surface area contributed by atoms with Gasteiger partial charge >= 0.3 is 0 Å². The first-order valence-corrected chi connectivity index (χ1v) is 7.67. The Morgan fingerprint density at radius 1 is 1.60 bits per heavy atom. The van der Waals surface area contributed by atoms with Gasteiger partial charge in [-0.15, -0.1) is 0 Å². The number of anilines is 1. The predicted octanol–water partition coefficient (Wildman–Crippen LogP) is 2.97. The average molecular weight is 293 g/mol. The van der Waals surface area contributed by atoms with E-state index in [1.807, 2.05) is 0 Å². The SMILES string of the molecule is CCCCN(CC1CCCN1)c1nccc(C#N)c1Cl. The molecular formula is C15H21ClN4. The molecule has 1 aliphatic rings. The van der Waals surface area contributed by atoms with Crippen LogP contribution < -0.4 is 10.2 Å². The third-order valence-electron chi connectivity index (χ3n) is 3.68. The van der Waals surface area contributed by atoms with Crippen molar-refractivity contribution in [2.24, 2.45) is 0 Å². The molecule has 5 heteroatoms. The minimum atomic E-state index is 0.476. The van der Waals surface area contributed by atoms with Gasteiger partial charge in [0.05, 0.1) is 5.56 Å². The summed E-state index contributed by atoms with van der Waals surface area (Å²) in [5.74, 6) is 0.743. The minimum Gasteiger partial charge on any atom is -0.354 e. The minimum absolute atomic E-state index is 0.476. The highest BCUT2D eigenvalue weighted by atomic mass is 35.5. The Morgan fingerprint density at radius 2 is 2.45 bits per heavy atom. The van der Waals surface area contributed by atoms with Crippen LogP contribution >= 0.6 is 11.6 Å². The van der Waals surface area contributed by atoms with Crippen molar-refractivity contribution < 1.29 is 0 Å². The Balaban J connectivity index is 2.18. The van der Waals surface area contributed by atoms with Crippen LogP contribution in [0.3, 0.4) is 0 Å². The maximum absolute atomic E-state index is 9.09. The Bertz CT molecular complexity index is 477. The zero-order valence-electron chi connectivity index (χ0n) is 11.9. The smallest absolute Gasteiger partial charge is 0.148 e. The van der Waals surface area contributed by atoms with Gasteiger partial charge in [0.25, 0.3) is 0 Å². The number of pyridine rings is 1. The summed E-state index contributed by atoms with van der Waals surface area (Å²) < 4.78 is 0. The van der Waals surface area contributed by atoms with Gasteiger partial charge in [0, 0.05) is 25.3 Å². The van der Waals surface area contributed by atoms with Crippen LogP contribution in [0.2, 0.25) is 5.02 Å². The van der Waals surface area contributed by atoms with Crippen LogP contribution in [0.25, 0.3) is 0 Å². The number of nitrogens with one attached hydrogen (secondary N) is 1. The van der Waals surface area contributed by atoms with E-state index >= 15 is 0 Å². The molecule has 0 saturated carbocycles. The fourth-order valence-corrected chi connectivity index (χ4v) is 2.82.